The van der Waals surface area contributed by atoms with E-state index in [-0.39, 0.29) is 0 Å². The van der Waals surface area contributed by atoms with Gasteiger partial charge >= 0.3 is 0 Å². The number of nitrogens with zero attached hydrogens (tertiary/aromatic N) is 3. The summed E-state index contributed by atoms with van der Waals surface area (Å²) in [5.41, 5.74) is 1.39. The molecule has 124 valence electrons. The van der Waals surface area contributed by atoms with E-state index in [2.05, 4.69) is 26.6 Å². The minimum atomic E-state index is 0.396. The third-order valence-corrected chi connectivity index (χ3v) is 4.26. The van der Waals surface area contributed by atoms with Gasteiger partial charge in [0.2, 0.25) is 0 Å². The molecule has 1 aliphatic rings. The highest BCUT2D eigenvalue weighted by Gasteiger charge is 2.18. The lowest BCUT2D eigenvalue weighted by molar-refractivity contribution is 0.415. The highest BCUT2D eigenvalue weighted by Crippen LogP contribution is 2.26. The lowest BCUT2D eigenvalue weighted by atomic mass is 9.95. The van der Waals surface area contributed by atoms with Crippen molar-refractivity contribution in [3.63, 3.8) is 0 Å². The molecule has 0 spiro atoms. The monoisotopic (exact) mass is 323 g/mol. The number of ether oxygens (including phenoxy) is 1. The summed E-state index contributed by atoms with van der Waals surface area (Å²) in [6.45, 7) is 0. The van der Waals surface area contributed by atoms with Gasteiger partial charge in [-0.2, -0.15) is 10.4 Å². The Bertz CT molecular complexity index is 736. The van der Waals surface area contributed by atoms with E-state index in [4.69, 9.17) is 4.74 Å². The van der Waals surface area contributed by atoms with Crippen LogP contribution in [0.4, 0.5) is 11.6 Å². The van der Waals surface area contributed by atoms with E-state index in [1.54, 1.807) is 13.3 Å². The molecular weight excluding hydrogens is 302 g/mol. The van der Waals surface area contributed by atoms with Crippen molar-refractivity contribution in [2.45, 2.75) is 38.1 Å². The van der Waals surface area contributed by atoms with Crippen LogP contribution in [0.1, 0.15) is 43.2 Å². The van der Waals surface area contributed by atoms with E-state index in [9.17, 15) is 5.26 Å². The molecule has 0 saturated heterocycles. The molecule has 6 nitrogen and oxygen atoms in total. The number of anilines is 1. The van der Waals surface area contributed by atoms with Crippen molar-refractivity contribution < 1.29 is 4.74 Å². The zero-order valence-electron chi connectivity index (χ0n) is 13.7. The fourth-order valence-electron chi connectivity index (χ4n) is 2.91. The van der Waals surface area contributed by atoms with E-state index in [1.165, 1.54) is 19.3 Å². The van der Waals surface area contributed by atoms with Crippen LogP contribution < -0.4 is 10.1 Å². The largest absolute Gasteiger partial charge is 0.497 e. The van der Waals surface area contributed by atoms with Crippen LogP contribution in [0.15, 0.2) is 29.3 Å². The minimum Gasteiger partial charge on any atom is -0.497 e. The third kappa shape index (κ3) is 3.74. The number of H-pyrrole nitrogens is 1. The summed E-state index contributed by atoms with van der Waals surface area (Å²) in [4.78, 5) is 4.37. The number of methoxy groups -OCH3 is 1. The van der Waals surface area contributed by atoms with E-state index in [0.717, 1.165) is 24.2 Å². The van der Waals surface area contributed by atoms with Gasteiger partial charge in [-0.3, -0.25) is 5.10 Å². The number of aromatic amines is 1. The van der Waals surface area contributed by atoms with Gasteiger partial charge in [-0.15, -0.1) is 0 Å². The van der Waals surface area contributed by atoms with Gasteiger partial charge in [0.1, 0.15) is 17.4 Å². The molecule has 2 aromatic rings. The second-order valence-corrected chi connectivity index (χ2v) is 5.92. The number of hydrogen-bond acceptors (Lipinski definition) is 5. The molecule has 2 N–H and O–H groups in total. The van der Waals surface area contributed by atoms with Crippen molar-refractivity contribution in [3.05, 3.63) is 35.4 Å². The van der Waals surface area contributed by atoms with E-state index in [0.29, 0.717) is 23.2 Å². The number of nitriles is 1. The molecule has 1 heterocycles. The van der Waals surface area contributed by atoms with Crippen LogP contribution in [0.3, 0.4) is 0 Å². The van der Waals surface area contributed by atoms with Crippen LogP contribution in [0, 0.1) is 11.3 Å². The van der Waals surface area contributed by atoms with Crippen LogP contribution in [0.5, 0.6) is 5.75 Å². The first-order valence-electron chi connectivity index (χ1n) is 8.23. The third-order valence-electron chi connectivity index (χ3n) is 4.26. The summed E-state index contributed by atoms with van der Waals surface area (Å²) in [6.07, 6.45) is 7.71. The molecule has 0 aliphatic heterocycles. The van der Waals surface area contributed by atoms with E-state index < -0.39 is 0 Å². The number of hydrogen-bond donors (Lipinski definition) is 2. The lowest BCUT2D eigenvalue weighted by Crippen LogP contribution is -2.22. The van der Waals surface area contributed by atoms with Crippen LogP contribution in [-0.4, -0.2) is 29.6 Å². The van der Waals surface area contributed by atoms with Crippen molar-refractivity contribution in [1.82, 2.24) is 10.2 Å². The number of benzene rings is 1. The van der Waals surface area contributed by atoms with Gasteiger partial charge < -0.3 is 10.1 Å². The molecule has 1 aliphatic carbocycles. The topological polar surface area (TPSA) is 86.1 Å². The quantitative estimate of drug-likeness (QED) is 0.820. The Kier molecular flexibility index (Phi) is 5.12. The van der Waals surface area contributed by atoms with Gasteiger partial charge in [-0.05, 0) is 42.7 Å². The maximum Gasteiger partial charge on any atom is 0.168 e. The van der Waals surface area contributed by atoms with Crippen LogP contribution in [0.2, 0.25) is 0 Å². The van der Waals surface area contributed by atoms with Gasteiger partial charge in [-0.25, -0.2) is 4.99 Å². The summed E-state index contributed by atoms with van der Waals surface area (Å²) < 4.78 is 5.13. The second kappa shape index (κ2) is 7.64. The summed E-state index contributed by atoms with van der Waals surface area (Å²) in [6, 6.07) is 10.2. The normalized spacial score (nSPS) is 15.3. The molecule has 0 radical (unpaired) electrons. The molecule has 0 unspecified atom stereocenters. The molecule has 3 rings (SSSR count). The Hall–Kier alpha value is -2.81. The van der Waals surface area contributed by atoms with Gasteiger partial charge in [-0.1, -0.05) is 19.3 Å². The average molecular weight is 323 g/mol. The van der Waals surface area contributed by atoms with Gasteiger partial charge in [0, 0.05) is 12.3 Å². The Morgan fingerprint density at radius 3 is 2.71 bits per heavy atom. The average Bonchev–Trinajstić information content (AvgIpc) is 3.02. The highest BCUT2D eigenvalue weighted by molar-refractivity contribution is 5.83. The fourth-order valence-corrected chi connectivity index (χ4v) is 2.91. The maximum absolute atomic E-state index is 9.44. The van der Waals surface area contributed by atoms with E-state index in [1.807, 2.05) is 24.3 Å². The predicted molar refractivity (Wildman–Crippen MR) is 94.0 cm³/mol. The molecule has 6 heteroatoms. The van der Waals surface area contributed by atoms with Crippen LogP contribution >= 0.6 is 0 Å². The van der Waals surface area contributed by atoms with Gasteiger partial charge in [0.05, 0.1) is 7.11 Å². The van der Waals surface area contributed by atoms with Crippen molar-refractivity contribution in [2.75, 3.05) is 12.4 Å². The molecule has 24 heavy (non-hydrogen) atoms. The summed E-state index contributed by atoms with van der Waals surface area (Å²) in [5.74, 6) is 1.88. The minimum absolute atomic E-state index is 0.396. The first-order chi connectivity index (χ1) is 11.8. The molecule has 0 amide bonds. The Morgan fingerprint density at radius 2 is 2.04 bits per heavy atom. The van der Waals surface area contributed by atoms with Crippen LogP contribution in [0.25, 0.3) is 0 Å². The lowest BCUT2D eigenvalue weighted by Gasteiger charge is -2.22. The Balaban J connectivity index is 1.73. The maximum atomic E-state index is 9.44. The SMILES string of the molecule is COc1ccc(/C=N/c2[nH]nc(NC3CCCCC3)c2C#N)cc1. The first-order valence-corrected chi connectivity index (χ1v) is 8.23. The van der Waals surface area contributed by atoms with Crippen molar-refractivity contribution >= 4 is 17.9 Å². The summed E-state index contributed by atoms with van der Waals surface area (Å²) >= 11 is 0. The predicted octanol–water partition coefficient (Wildman–Crippen LogP) is 3.79. The molecule has 1 aromatic heterocycles. The standard InChI is InChI=1S/C18H21N5O/c1-24-15-9-7-13(8-10-15)12-20-17-16(11-19)18(23-22-17)21-14-5-3-2-4-6-14/h7-10,12,14H,2-6H2,1H3,(H2,21,22,23)/b20-12+. The molecule has 1 saturated carbocycles. The van der Waals surface area contributed by atoms with Crippen molar-refractivity contribution in [3.8, 4) is 11.8 Å². The molecule has 1 fully saturated rings. The number of aromatic nitrogens is 2. The Morgan fingerprint density at radius 1 is 1.29 bits per heavy atom. The Labute approximate surface area is 141 Å². The zero-order chi connectivity index (χ0) is 16.8. The van der Waals surface area contributed by atoms with Crippen LogP contribution in [-0.2, 0) is 0 Å². The second-order valence-electron chi connectivity index (χ2n) is 5.92. The molecular formula is C18H21N5O. The van der Waals surface area contributed by atoms with Gasteiger partial charge in [0.25, 0.3) is 0 Å². The molecule has 1 aromatic carbocycles. The number of aliphatic imine (C=N–C) groups is 1. The van der Waals surface area contributed by atoms with Crippen molar-refractivity contribution in [2.24, 2.45) is 4.99 Å². The highest BCUT2D eigenvalue weighted by atomic mass is 16.5. The smallest absolute Gasteiger partial charge is 0.168 e. The zero-order valence-corrected chi connectivity index (χ0v) is 13.7. The van der Waals surface area contributed by atoms with Gasteiger partial charge in [0.15, 0.2) is 11.6 Å². The fraction of sp³-hybridized carbons (Fsp3) is 0.389. The summed E-state index contributed by atoms with van der Waals surface area (Å²) in [7, 11) is 1.63. The van der Waals surface area contributed by atoms with E-state index >= 15 is 0 Å². The number of nitrogens with one attached hydrogen (secondary N) is 2. The first kappa shape index (κ1) is 16.1. The van der Waals surface area contributed by atoms with Crippen molar-refractivity contribution in [1.29, 1.82) is 5.26 Å². The number of rotatable bonds is 5. The summed E-state index contributed by atoms with van der Waals surface area (Å²) in [5, 5.41) is 19.9. The molecule has 0 bridgehead atoms. The molecule has 0 atom stereocenters.